The molecule has 1 aromatic rings. The number of nitrogens with zero attached hydrogens (tertiary/aromatic N) is 2. The molecule has 5 rings (SSSR count). The van der Waals surface area contributed by atoms with E-state index in [0.29, 0.717) is 36.5 Å². The number of hydrogen-bond donors (Lipinski definition) is 2. The number of imidazole rings is 1. The molecule has 0 unspecified atom stereocenters. The predicted octanol–water partition coefficient (Wildman–Crippen LogP) is 3.84. The summed E-state index contributed by atoms with van der Waals surface area (Å²) in [6, 6.07) is 0. The van der Waals surface area contributed by atoms with Crippen LogP contribution in [-0.4, -0.2) is 37.8 Å². The molecule has 1 heterocycles. The molecule has 174 valence electrons. The van der Waals surface area contributed by atoms with Crippen molar-refractivity contribution in [2.75, 3.05) is 6.61 Å². The molecule has 0 amide bonds. The molecule has 8 atom stereocenters. The standard InChI is InChI=1S/C27H38N2O3/c1-26-11-8-21-20-9-12-27(32,10-2-3-15-30)16-19(20)4-5-22(21)23(26)6-7-24(26)25(31)17-29-14-13-28-18-29/h13-14,18-24,30,32H,3-9,11-12,15-17H2,1H3/t19-,20+,21-,22-,23+,24-,26+,27-/m1/s1. The first-order chi connectivity index (χ1) is 15.4. The number of aromatic nitrogens is 2. The molecule has 4 fully saturated rings. The van der Waals surface area contributed by atoms with Crippen molar-refractivity contribution < 1.29 is 15.0 Å². The molecule has 2 N–H and O–H groups in total. The SMILES string of the molecule is C[C@]12CC[C@H]3[C@@H](CC[C@@H]4C[C@@](O)(C#CCCO)CC[C@@H]43)[C@@H]1CC[C@@H]2C(=O)Cn1ccnc1. The van der Waals surface area contributed by atoms with Crippen molar-refractivity contribution in [1.29, 1.82) is 0 Å². The van der Waals surface area contributed by atoms with Gasteiger partial charge in [-0.15, -0.1) is 0 Å². The third-order valence-corrected chi connectivity index (χ3v) is 9.85. The summed E-state index contributed by atoms with van der Waals surface area (Å²) >= 11 is 0. The van der Waals surface area contributed by atoms with Crippen LogP contribution in [0.3, 0.4) is 0 Å². The number of fused-ring (bicyclic) bond motifs is 5. The van der Waals surface area contributed by atoms with Crippen LogP contribution >= 0.6 is 0 Å². The Balaban J connectivity index is 1.27. The third kappa shape index (κ3) is 3.84. The Morgan fingerprint density at radius 3 is 2.75 bits per heavy atom. The van der Waals surface area contributed by atoms with Crippen molar-refractivity contribution in [3.63, 3.8) is 0 Å². The lowest BCUT2D eigenvalue weighted by Gasteiger charge is -2.56. The topological polar surface area (TPSA) is 75.3 Å². The highest BCUT2D eigenvalue weighted by Crippen LogP contribution is 2.64. The first kappa shape index (κ1) is 22.2. The number of hydrogen-bond acceptors (Lipinski definition) is 4. The number of Topliss-reactive ketones (excluding diaryl/α,β-unsaturated/α-hetero) is 1. The first-order valence-corrected chi connectivity index (χ1v) is 12.8. The molecule has 0 spiro atoms. The van der Waals surface area contributed by atoms with Crippen LogP contribution in [0.2, 0.25) is 0 Å². The van der Waals surface area contributed by atoms with E-state index in [1.807, 2.05) is 10.8 Å². The molecule has 4 aliphatic rings. The van der Waals surface area contributed by atoms with Gasteiger partial charge < -0.3 is 14.8 Å². The molecule has 0 bridgehead atoms. The molecule has 0 saturated heterocycles. The summed E-state index contributed by atoms with van der Waals surface area (Å²) in [5, 5.41) is 20.0. The summed E-state index contributed by atoms with van der Waals surface area (Å²) in [7, 11) is 0. The van der Waals surface area contributed by atoms with Crippen LogP contribution < -0.4 is 0 Å². The molecule has 32 heavy (non-hydrogen) atoms. The van der Waals surface area contributed by atoms with E-state index >= 15 is 0 Å². The molecule has 1 aromatic heterocycles. The van der Waals surface area contributed by atoms with Gasteiger partial charge >= 0.3 is 0 Å². The molecule has 4 aliphatic carbocycles. The number of aliphatic hydroxyl groups is 2. The summed E-state index contributed by atoms with van der Waals surface area (Å²) in [4.78, 5) is 17.3. The van der Waals surface area contributed by atoms with E-state index in [4.69, 9.17) is 5.11 Å². The highest BCUT2D eigenvalue weighted by atomic mass is 16.3. The fraction of sp³-hybridized carbons (Fsp3) is 0.778. The number of ketones is 1. The second-order valence-corrected chi connectivity index (χ2v) is 11.4. The molecule has 0 aromatic carbocycles. The maximum Gasteiger partial charge on any atom is 0.156 e. The van der Waals surface area contributed by atoms with Crippen molar-refractivity contribution in [2.45, 2.75) is 83.3 Å². The third-order valence-electron chi connectivity index (χ3n) is 9.85. The van der Waals surface area contributed by atoms with Gasteiger partial charge in [0.2, 0.25) is 0 Å². The van der Waals surface area contributed by atoms with Crippen molar-refractivity contribution in [3.8, 4) is 11.8 Å². The Kier molecular flexibility index (Phi) is 5.97. The van der Waals surface area contributed by atoms with E-state index in [0.717, 1.165) is 37.5 Å². The summed E-state index contributed by atoms with van der Waals surface area (Å²) in [6.45, 7) is 2.94. The zero-order valence-corrected chi connectivity index (χ0v) is 19.4. The Morgan fingerprint density at radius 1 is 1.12 bits per heavy atom. The first-order valence-electron chi connectivity index (χ1n) is 12.8. The van der Waals surface area contributed by atoms with Crippen LogP contribution in [0, 0.1) is 52.8 Å². The lowest BCUT2D eigenvalue weighted by Crippen LogP contribution is -2.51. The molecular formula is C27H38N2O3. The highest BCUT2D eigenvalue weighted by Gasteiger charge is 2.58. The van der Waals surface area contributed by atoms with Crippen LogP contribution in [-0.2, 0) is 11.3 Å². The second kappa shape index (κ2) is 8.61. The Labute approximate surface area is 192 Å². The van der Waals surface area contributed by atoms with Crippen LogP contribution in [0.1, 0.15) is 71.1 Å². The van der Waals surface area contributed by atoms with Crippen LogP contribution in [0.15, 0.2) is 18.7 Å². The smallest absolute Gasteiger partial charge is 0.156 e. The number of carbonyl (C=O) groups excluding carboxylic acids is 1. The van der Waals surface area contributed by atoms with Crippen molar-refractivity contribution in [2.24, 2.45) is 40.9 Å². The fourth-order valence-electron chi connectivity index (χ4n) is 8.47. The number of rotatable bonds is 4. The van der Waals surface area contributed by atoms with E-state index in [9.17, 15) is 9.90 Å². The van der Waals surface area contributed by atoms with Crippen molar-refractivity contribution in [1.82, 2.24) is 9.55 Å². The number of carbonyl (C=O) groups is 1. The van der Waals surface area contributed by atoms with Gasteiger partial charge in [-0.3, -0.25) is 4.79 Å². The van der Waals surface area contributed by atoms with Crippen LogP contribution in [0.4, 0.5) is 0 Å². The van der Waals surface area contributed by atoms with Crippen molar-refractivity contribution >= 4 is 5.78 Å². The Hall–Kier alpha value is -1.64. The van der Waals surface area contributed by atoms with Gasteiger partial charge in [-0.05, 0) is 92.8 Å². The van der Waals surface area contributed by atoms with Gasteiger partial charge in [0.25, 0.3) is 0 Å². The van der Waals surface area contributed by atoms with E-state index < -0.39 is 5.60 Å². The monoisotopic (exact) mass is 438 g/mol. The van der Waals surface area contributed by atoms with Crippen LogP contribution in [0.25, 0.3) is 0 Å². The molecular weight excluding hydrogens is 400 g/mol. The van der Waals surface area contributed by atoms with Gasteiger partial charge in [-0.1, -0.05) is 18.8 Å². The minimum Gasteiger partial charge on any atom is -0.395 e. The minimum atomic E-state index is -0.857. The lowest BCUT2D eigenvalue weighted by atomic mass is 9.49. The average Bonchev–Trinajstić information content (AvgIpc) is 3.40. The molecule has 5 heteroatoms. The van der Waals surface area contributed by atoms with Crippen molar-refractivity contribution in [3.05, 3.63) is 18.7 Å². The maximum absolute atomic E-state index is 13.2. The molecule has 5 nitrogen and oxygen atoms in total. The fourth-order valence-corrected chi connectivity index (χ4v) is 8.47. The van der Waals surface area contributed by atoms with E-state index in [-0.39, 0.29) is 17.9 Å². The average molecular weight is 439 g/mol. The van der Waals surface area contributed by atoms with E-state index in [1.165, 1.54) is 32.1 Å². The molecule has 0 aliphatic heterocycles. The largest absolute Gasteiger partial charge is 0.395 e. The summed E-state index contributed by atoms with van der Waals surface area (Å²) in [6.07, 6.45) is 15.6. The van der Waals surface area contributed by atoms with Gasteiger partial charge in [0.1, 0.15) is 5.60 Å². The lowest BCUT2D eigenvalue weighted by molar-refractivity contribution is -0.132. The quantitative estimate of drug-likeness (QED) is 0.701. The summed E-state index contributed by atoms with van der Waals surface area (Å²) in [5.41, 5.74) is -0.707. The van der Waals surface area contributed by atoms with Gasteiger partial charge in [-0.2, -0.15) is 0 Å². The molecule has 0 radical (unpaired) electrons. The van der Waals surface area contributed by atoms with E-state index in [2.05, 4.69) is 23.7 Å². The van der Waals surface area contributed by atoms with Gasteiger partial charge in [0, 0.05) is 24.7 Å². The predicted molar refractivity (Wildman–Crippen MR) is 122 cm³/mol. The normalized spacial score (nSPS) is 42.8. The highest BCUT2D eigenvalue weighted by molar-refractivity contribution is 5.82. The second-order valence-electron chi connectivity index (χ2n) is 11.4. The summed E-state index contributed by atoms with van der Waals surface area (Å²) in [5.74, 6) is 10.1. The summed E-state index contributed by atoms with van der Waals surface area (Å²) < 4.78 is 1.92. The molecule has 4 saturated carbocycles. The number of aliphatic hydroxyl groups excluding tert-OH is 1. The van der Waals surface area contributed by atoms with Gasteiger partial charge in [-0.25, -0.2) is 4.98 Å². The van der Waals surface area contributed by atoms with Crippen LogP contribution in [0.5, 0.6) is 0 Å². The maximum atomic E-state index is 13.2. The Morgan fingerprint density at radius 2 is 1.97 bits per heavy atom. The van der Waals surface area contributed by atoms with Gasteiger partial charge in [0.15, 0.2) is 5.78 Å². The minimum absolute atomic E-state index is 0.0604. The zero-order chi connectivity index (χ0) is 22.3. The zero-order valence-electron chi connectivity index (χ0n) is 19.4. The van der Waals surface area contributed by atoms with E-state index in [1.54, 1.807) is 12.5 Å². The Bertz CT molecular complexity index is 886. The van der Waals surface area contributed by atoms with Gasteiger partial charge in [0.05, 0.1) is 19.5 Å².